The molecule has 0 bridgehead atoms. The van der Waals surface area contributed by atoms with Crippen molar-refractivity contribution in [2.45, 2.75) is 46.0 Å². The minimum absolute atomic E-state index is 0.117. The van der Waals surface area contributed by atoms with Gasteiger partial charge in [0.15, 0.2) is 5.78 Å². The van der Waals surface area contributed by atoms with Gasteiger partial charge in [-0.05, 0) is 44.3 Å². The molecule has 0 atom stereocenters. The normalized spacial score (nSPS) is 18.2. The highest BCUT2D eigenvalue weighted by Crippen LogP contribution is 2.37. The number of hydrogen-bond acceptors (Lipinski definition) is 2. The summed E-state index contributed by atoms with van der Waals surface area (Å²) >= 11 is 0. The summed E-state index contributed by atoms with van der Waals surface area (Å²) in [6.45, 7) is 6.26. The maximum Gasteiger partial charge on any atom is 0.169 e. The summed E-state index contributed by atoms with van der Waals surface area (Å²) in [4.78, 5) is 12.9. The summed E-state index contributed by atoms with van der Waals surface area (Å²) in [5, 5.41) is 3.37. The van der Waals surface area contributed by atoms with E-state index in [9.17, 15) is 4.79 Å². The molecule has 104 valence electrons. The van der Waals surface area contributed by atoms with E-state index in [0.717, 1.165) is 50.8 Å². The first-order chi connectivity index (χ1) is 9.22. The predicted molar refractivity (Wildman–Crippen MR) is 79.6 cm³/mol. The van der Waals surface area contributed by atoms with Crippen LogP contribution in [0.2, 0.25) is 0 Å². The van der Waals surface area contributed by atoms with E-state index < -0.39 is 0 Å². The van der Waals surface area contributed by atoms with Crippen LogP contribution in [0.5, 0.6) is 0 Å². The zero-order valence-electron chi connectivity index (χ0n) is 12.2. The molecule has 0 saturated carbocycles. The van der Waals surface area contributed by atoms with Crippen LogP contribution in [0.4, 0.5) is 0 Å². The standard InChI is InChI=1S/C17H25NO/c1-3-9-17(10-12-18-13-11-17)16(19)15-7-5-14(4-2)6-8-15/h5-8,18H,3-4,9-13H2,1-2H3. The monoisotopic (exact) mass is 259 g/mol. The topological polar surface area (TPSA) is 29.1 Å². The highest BCUT2D eigenvalue weighted by Gasteiger charge is 2.38. The van der Waals surface area contributed by atoms with Crippen LogP contribution in [0, 0.1) is 5.41 Å². The van der Waals surface area contributed by atoms with Gasteiger partial charge in [-0.2, -0.15) is 0 Å². The van der Waals surface area contributed by atoms with Crippen molar-refractivity contribution < 1.29 is 4.79 Å². The molecule has 0 aliphatic carbocycles. The average molecular weight is 259 g/mol. The summed E-state index contributed by atoms with van der Waals surface area (Å²) in [6.07, 6.45) is 5.09. The van der Waals surface area contributed by atoms with Crippen molar-refractivity contribution in [1.29, 1.82) is 0 Å². The SMILES string of the molecule is CCCC1(C(=O)c2ccc(CC)cc2)CCNCC1. The van der Waals surface area contributed by atoms with Crippen molar-refractivity contribution in [3.63, 3.8) is 0 Å². The van der Waals surface area contributed by atoms with Crippen molar-refractivity contribution >= 4 is 5.78 Å². The molecule has 0 radical (unpaired) electrons. The zero-order chi connectivity index (χ0) is 13.7. The Labute approximate surface area is 116 Å². The van der Waals surface area contributed by atoms with Crippen molar-refractivity contribution in [1.82, 2.24) is 5.32 Å². The fourth-order valence-corrected chi connectivity index (χ4v) is 3.17. The molecule has 2 rings (SSSR count). The van der Waals surface area contributed by atoms with E-state index in [1.807, 2.05) is 12.1 Å². The second kappa shape index (κ2) is 6.33. The van der Waals surface area contributed by atoms with Gasteiger partial charge in [-0.1, -0.05) is 44.5 Å². The Kier molecular flexibility index (Phi) is 4.76. The average Bonchev–Trinajstić information content (AvgIpc) is 2.48. The summed E-state index contributed by atoms with van der Waals surface area (Å²) in [5.41, 5.74) is 2.08. The third kappa shape index (κ3) is 3.06. The molecule has 1 heterocycles. The van der Waals surface area contributed by atoms with Gasteiger partial charge in [0.25, 0.3) is 0 Å². The van der Waals surface area contributed by atoms with Crippen LogP contribution < -0.4 is 5.32 Å². The molecule has 1 saturated heterocycles. The predicted octanol–water partition coefficient (Wildman–Crippen LogP) is 3.60. The minimum Gasteiger partial charge on any atom is -0.317 e. The van der Waals surface area contributed by atoms with Gasteiger partial charge in [-0.25, -0.2) is 0 Å². The molecule has 2 nitrogen and oxygen atoms in total. The minimum atomic E-state index is -0.117. The molecular weight excluding hydrogens is 234 g/mol. The van der Waals surface area contributed by atoms with Gasteiger partial charge in [-0.3, -0.25) is 4.79 Å². The Morgan fingerprint density at radius 3 is 2.32 bits per heavy atom. The van der Waals surface area contributed by atoms with Crippen LogP contribution in [0.15, 0.2) is 24.3 Å². The third-order valence-electron chi connectivity index (χ3n) is 4.40. The van der Waals surface area contributed by atoms with E-state index >= 15 is 0 Å². The van der Waals surface area contributed by atoms with Crippen LogP contribution in [0.25, 0.3) is 0 Å². The Morgan fingerprint density at radius 2 is 1.79 bits per heavy atom. The lowest BCUT2D eigenvalue weighted by Gasteiger charge is -2.36. The first kappa shape index (κ1) is 14.3. The summed E-state index contributed by atoms with van der Waals surface area (Å²) < 4.78 is 0. The van der Waals surface area contributed by atoms with Gasteiger partial charge in [-0.15, -0.1) is 0 Å². The molecule has 0 unspecified atom stereocenters. The first-order valence-corrected chi connectivity index (χ1v) is 7.56. The lowest BCUT2D eigenvalue weighted by atomic mass is 9.70. The van der Waals surface area contributed by atoms with Gasteiger partial charge in [0.1, 0.15) is 0 Å². The molecule has 1 aromatic carbocycles. The Hall–Kier alpha value is -1.15. The highest BCUT2D eigenvalue weighted by molar-refractivity contribution is 6.00. The van der Waals surface area contributed by atoms with E-state index in [-0.39, 0.29) is 5.41 Å². The van der Waals surface area contributed by atoms with Crippen LogP contribution in [0.1, 0.15) is 55.5 Å². The van der Waals surface area contributed by atoms with Crippen molar-refractivity contribution in [3.05, 3.63) is 35.4 Å². The summed E-state index contributed by atoms with van der Waals surface area (Å²) in [5.74, 6) is 0.360. The zero-order valence-corrected chi connectivity index (χ0v) is 12.2. The van der Waals surface area contributed by atoms with E-state index in [0.29, 0.717) is 5.78 Å². The lowest BCUT2D eigenvalue weighted by Crippen LogP contribution is -2.42. The Morgan fingerprint density at radius 1 is 1.16 bits per heavy atom. The number of carbonyl (C=O) groups excluding carboxylic acids is 1. The Balaban J connectivity index is 2.22. The first-order valence-electron chi connectivity index (χ1n) is 7.56. The fourth-order valence-electron chi connectivity index (χ4n) is 3.17. The molecule has 2 heteroatoms. The van der Waals surface area contributed by atoms with Gasteiger partial charge >= 0.3 is 0 Å². The van der Waals surface area contributed by atoms with E-state index in [1.165, 1.54) is 5.56 Å². The smallest absolute Gasteiger partial charge is 0.169 e. The van der Waals surface area contributed by atoms with Crippen molar-refractivity contribution in [3.8, 4) is 0 Å². The molecule has 1 aromatic rings. The van der Waals surface area contributed by atoms with E-state index in [1.54, 1.807) is 0 Å². The molecule has 19 heavy (non-hydrogen) atoms. The largest absolute Gasteiger partial charge is 0.317 e. The van der Waals surface area contributed by atoms with E-state index in [2.05, 4.69) is 31.3 Å². The van der Waals surface area contributed by atoms with Crippen LogP contribution in [0.3, 0.4) is 0 Å². The molecule has 0 amide bonds. The maximum absolute atomic E-state index is 12.9. The fraction of sp³-hybridized carbons (Fsp3) is 0.588. The summed E-state index contributed by atoms with van der Waals surface area (Å²) in [6, 6.07) is 8.21. The van der Waals surface area contributed by atoms with Crippen LogP contribution in [-0.4, -0.2) is 18.9 Å². The number of carbonyl (C=O) groups is 1. The van der Waals surface area contributed by atoms with Crippen LogP contribution >= 0.6 is 0 Å². The second-order valence-corrected chi connectivity index (χ2v) is 5.66. The van der Waals surface area contributed by atoms with Gasteiger partial charge in [0.05, 0.1) is 0 Å². The molecule has 1 fully saturated rings. The number of nitrogens with one attached hydrogen (secondary N) is 1. The molecule has 1 aliphatic rings. The Bertz CT molecular complexity index is 410. The van der Waals surface area contributed by atoms with Crippen LogP contribution in [-0.2, 0) is 6.42 Å². The maximum atomic E-state index is 12.9. The molecule has 1 aliphatic heterocycles. The van der Waals surface area contributed by atoms with Crippen molar-refractivity contribution in [2.75, 3.05) is 13.1 Å². The number of rotatable bonds is 5. The number of Topliss-reactive ketones (excluding diaryl/α,β-unsaturated/α-hetero) is 1. The molecule has 1 N–H and O–H groups in total. The molecule has 0 spiro atoms. The molecular formula is C17H25NO. The van der Waals surface area contributed by atoms with E-state index in [4.69, 9.17) is 0 Å². The van der Waals surface area contributed by atoms with Gasteiger partial charge < -0.3 is 5.32 Å². The van der Waals surface area contributed by atoms with Crippen molar-refractivity contribution in [2.24, 2.45) is 5.41 Å². The molecule has 0 aromatic heterocycles. The number of ketones is 1. The quantitative estimate of drug-likeness (QED) is 0.819. The lowest BCUT2D eigenvalue weighted by molar-refractivity contribution is 0.0704. The highest BCUT2D eigenvalue weighted by atomic mass is 16.1. The number of hydrogen-bond donors (Lipinski definition) is 1. The van der Waals surface area contributed by atoms with Gasteiger partial charge in [0.2, 0.25) is 0 Å². The summed E-state index contributed by atoms with van der Waals surface area (Å²) in [7, 11) is 0. The number of piperidine rings is 1. The number of benzene rings is 1. The second-order valence-electron chi connectivity index (χ2n) is 5.66. The van der Waals surface area contributed by atoms with Gasteiger partial charge in [0, 0.05) is 11.0 Å². The number of aryl methyl sites for hydroxylation is 1. The third-order valence-corrected chi connectivity index (χ3v) is 4.40.